The number of hydrogen-bond acceptors (Lipinski definition) is 6. The summed E-state index contributed by atoms with van der Waals surface area (Å²) >= 11 is 0. The molecule has 0 saturated heterocycles. The van der Waals surface area contributed by atoms with E-state index in [9.17, 15) is 30.4 Å². The summed E-state index contributed by atoms with van der Waals surface area (Å²) in [6, 6.07) is 6.22. The number of aliphatic hydroxyl groups excluding tert-OH is 1. The molecule has 206 valence electrons. The van der Waals surface area contributed by atoms with E-state index in [1.165, 1.54) is 56.9 Å². The van der Waals surface area contributed by atoms with Gasteiger partial charge in [0.15, 0.2) is 34.8 Å². The number of aromatic hydroxyl groups is 3. The number of fused-ring (bicyclic) bond motifs is 1. The molecule has 1 aliphatic rings. The van der Waals surface area contributed by atoms with Crippen LogP contribution < -0.4 is 0 Å². The first-order chi connectivity index (χ1) is 17.9. The van der Waals surface area contributed by atoms with E-state index in [1.54, 1.807) is 20.8 Å². The maximum absolute atomic E-state index is 13.4. The summed E-state index contributed by atoms with van der Waals surface area (Å²) < 4.78 is 0.822. The van der Waals surface area contributed by atoms with Crippen molar-refractivity contribution in [3.63, 3.8) is 0 Å². The molecule has 0 fully saturated rings. The van der Waals surface area contributed by atoms with Gasteiger partial charge in [-0.15, -0.1) is 0 Å². The zero-order chi connectivity index (χ0) is 28.0. The Bertz CT molecular complexity index is 1210. The lowest BCUT2D eigenvalue weighted by molar-refractivity contribution is -0.530. The Labute approximate surface area is 225 Å². The van der Waals surface area contributed by atoms with Gasteiger partial charge in [-0.3, -0.25) is 4.79 Å². The second-order valence-corrected chi connectivity index (χ2v) is 11.3. The van der Waals surface area contributed by atoms with Crippen molar-refractivity contribution in [3.05, 3.63) is 63.0 Å². The molecule has 0 radical (unpaired) electrons. The van der Waals surface area contributed by atoms with Crippen LogP contribution in [0.25, 0.3) is 5.57 Å². The summed E-state index contributed by atoms with van der Waals surface area (Å²) in [6.45, 7) is 7.57. The second-order valence-electron chi connectivity index (χ2n) is 11.3. The maximum atomic E-state index is 13.4. The Morgan fingerprint density at radius 1 is 0.895 bits per heavy atom. The lowest BCUT2D eigenvalue weighted by atomic mass is 9.82. The lowest BCUT2D eigenvalue weighted by Gasteiger charge is -2.23. The number of rotatable bonds is 11. The maximum Gasteiger partial charge on any atom is 0.228 e. The van der Waals surface area contributed by atoms with Gasteiger partial charge in [-0.2, -0.15) is 0 Å². The number of hydrogen-bond donors (Lipinski definition) is 4. The van der Waals surface area contributed by atoms with Crippen LogP contribution in [-0.4, -0.2) is 42.7 Å². The molecular weight excluding hydrogens is 482 g/mol. The van der Waals surface area contributed by atoms with Crippen molar-refractivity contribution in [3.8, 4) is 17.2 Å². The van der Waals surface area contributed by atoms with Crippen LogP contribution in [0.2, 0.25) is 0 Å². The molecule has 38 heavy (non-hydrogen) atoms. The van der Waals surface area contributed by atoms with Crippen LogP contribution in [0.15, 0.2) is 30.0 Å². The fraction of sp³-hybridized carbons (Fsp3) is 0.484. The molecule has 3 rings (SSSR count). The molecule has 4 N–H and O–H groups in total. The number of phenols is 3. The number of hydroxylamine groups is 1. The van der Waals surface area contributed by atoms with Gasteiger partial charge in [0.25, 0.3) is 0 Å². The Morgan fingerprint density at radius 3 is 2.05 bits per heavy atom. The van der Waals surface area contributed by atoms with Crippen LogP contribution >= 0.6 is 0 Å². The largest absolute Gasteiger partial charge is 0.623 e. The minimum atomic E-state index is -0.706. The van der Waals surface area contributed by atoms with E-state index >= 15 is 0 Å². The van der Waals surface area contributed by atoms with Gasteiger partial charge in [0.05, 0.1) is 5.56 Å². The molecule has 7 nitrogen and oxygen atoms in total. The van der Waals surface area contributed by atoms with E-state index in [-0.39, 0.29) is 23.1 Å². The highest BCUT2D eigenvalue weighted by Crippen LogP contribution is 2.41. The molecule has 2 aromatic rings. The molecule has 0 amide bonds. The first-order valence-corrected chi connectivity index (χ1v) is 13.6. The van der Waals surface area contributed by atoms with Crippen LogP contribution in [0.4, 0.5) is 0 Å². The van der Waals surface area contributed by atoms with Crippen LogP contribution in [0.5, 0.6) is 17.2 Å². The molecule has 0 bridgehead atoms. The van der Waals surface area contributed by atoms with Crippen molar-refractivity contribution < 1.29 is 30.0 Å². The number of unbranched alkanes of at least 4 members (excludes halogenated alkanes) is 7. The molecule has 0 spiro atoms. The third kappa shape index (κ3) is 6.88. The van der Waals surface area contributed by atoms with Gasteiger partial charge in [-0.1, -0.05) is 57.9 Å². The van der Waals surface area contributed by atoms with Gasteiger partial charge >= 0.3 is 0 Å². The number of allylic oxidation sites excluding steroid dienone is 2. The van der Waals surface area contributed by atoms with Crippen LogP contribution in [0.3, 0.4) is 0 Å². The predicted octanol–water partition coefficient (Wildman–Crippen LogP) is 6.92. The normalized spacial score (nSPS) is 14.2. The first kappa shape index (κ1) is 29.1. The van der Waals surface area contributed by atoms with Crippen LogP contribution in [0, 0.1) is 5.21 Å². The van der Waals surface area contributed by atoms with Crippen molar-refractivity contribution in [2.24, 2.45) is 0 Å². The van der Waals surface area contributed by atoms with Gasteiger partial charge in [-0.25, -0.2) is 4.74 Å². The number of carbonyl (C=O) groups excluding carboxylic acids is 1. The lowest BCUT2D eigenvalue weighted by Crippen LogP contribution is -2.30. The molecule has 0 aromatic heterocycles. The van der Waals surface area contributed by atoms with Gasteiger partial charge in [0.2, 0.25) is 5.78 Å². The standard InChI is InChI=1S/C31H41NO6/c1-5-6-7-8-9-10-11-12-13-20-14-22-16-24(21-17-25(33)29(36)26(34)18-21)28(35)30(37)27(22)23(15-20)19-32(38)31(2,3)4/h14-15,17-19,33-36H,5-13,16H2,1-4H3/b32-19+. The minimum absolute atomic E-state index is 0.164. The number of phenolic OH excluding ortho intramolecular Hbond substituents is 3. The Balaban J connectivity index is 1.93. The third-order valence-electron chi connectivity index (χ3n) is 7.06. The number of benzene rings is 2. The number of aliphatic hydroxyl groups is 1. The Kier molecular flexibility index (Phi) is 9.47. The smallest absolute Gasteiger partial charge is 0.228 e. The molecule has 7 heteroatoms. The number of aryl methyl sites for hydroxylation is 1. The van der Waals surface area contributed by atoms with Crippen molar-refractivity contribution in [2.45, 2.75) is 97.4 Å². The quantitative estimate of drug-likeness (QED) is 0.0633. The van der Waals surface area contributed by atoms with E-state index in [4.69, 9.17) is 0 Å². The van der Waals surface area contributed by atoms with Crippen molar-refractivity contribution in [2.75, 3.05) is 0 Å². The van der Waals surface area contributed by atoms with Crippen LogP contribution in [-0.2, 0) is 12.8 Å². The molecule has 0 aliphatic heterocycles. The van der Waals surface area contributed by atoms with Gasteiger partial charge < -0.3 is 25.6 Å². The van der Waals surface area contributed by atoms with Crippen molar-refractivity contribution in [1.29, 1.82) is 0 Å². The zero-order valence-corrected chi connectivity index (χ0v) is 23.0. The fourth-order valence-electron chi connectivity index (χ4n) is 4.79. The topological polar surface area (TPSA) is 124 Å². The summed E-state index contributed by atoms with van der Waals surface area (Å²) in [6.07, 6.45) is 12.0. The summed E-state index contributed by atoms with van der Waals surface area (Å²) in [5, 5.41) is 53.3. The molecule has 2 aromatic carbocycles. The number of nitrogens with zero attached hydrogens (tertiary/aromatic N) is 1. The Morgan fingerprint density at radius 2 is 1.47 bits per heavy atom. The molecule has 0 atom stereocenters. The molecular formula is C31H41NO6. The Hall–Kier alpha value is -3.48. The monoisotopic (exact) mass is 523 g/mol. The summed E-state index contributed by atoms with van der Waals surface area (Å²) in [4.78, 5) is 13.4. The van der Waals surface area contributed by atoms with E-state index in [0.717, 1.165) is 29.6 Å². The summed E-state index contributed by atoms with van der Waals surface area (Å²) in [5.41, 5.74) is 2.18. The first-order valence-electron chi connectivity index (χ1n) is 13.6. The second kappa shape index (κ2) is 12.4. The van der Waals surface area contributed by atoms with Crippen molar-refractivity contribution >= 4 is 17.6 Å². The average Bonchev–Trinajstić information content (AvgIpc) is 2.85. The fourth-order valence-corrected chi connectivity index (χ4v) is 4.79. The van der Waals surface area contributed by atoms with Gasteiger partial charge in [0.1, 0.15) is 0 Å². The average molecular weight is 524 g/mol. The zero-order valence-electron chi connectivity index (χ0n) is 23.0. The van der Waals surface area contributed by atoms with E-state index in [0.29, 0.717) is 11.1 Å². The molecule has 0 unspecified atom stereocenters. The highest BCUT2D eigenvalue weighted by molar-refractivity contribution is 6.17. The molecule has 0 heterocycles. The van der Waals surface area contributed by atoms with E-state index < -0.39 is 34.3 Å². The highest BCUT2D eigenvalue weighted by Gasteiger charge is 2.31. The SMILES string of the molecule is CCCCCCCCCCc1cc(/C=[N+](/[O-])C(C)(C)C)c2c(c1)CC(c1cc(O)c(O)c(O)c1)=C(O)C2=O. The van der Waals surface area contributed by atoms with E-state index in [1.807, 2.05) is 12.1 Å². The molecule has 1 aliphatic carbocycles. The highest BCUT2D eigenvalue weighted by atomic mass is 16.5. The number of ketones is 1. The van der Waals surface area contributed by atoms with Crippen LogP contribution in [0.1, 0.15) is 112 Å². The van der Waals surface area contributed by atoms with Gasteiger partial charge in [0, 0.05) is 38.3 Å². The summed E-state index contributed by atoms with van der Waals surface area (Å²) in [7, 11) is 0. The summed E-state index contributed by atoms with van der Waals surface area (Å²) in [5.74, 6) is -2.91. The predicted molar refractivity (Wildman–Crippen MR) is 150 cm³/mol. The third-order valence-corrected chi connectivity index (χ3v) is 7.06. The minimum Gasteiger partial charge on any atom is -0.623 e. The molecule has 0 saturated carbocycles. The van der Waals surface area contributed by atoms with Crippen molar-refractivity contribution in [1.82, 2.24) is 0 Å². The number of carbonyl (C=O) groups is 1. The van der Waals surface area contributed by atoms with E-state index in [2.05, 4.69) is 6.92 Å². The van der Waals surface area contributed by atoms with Gasteiger partial charge in [-0.05, 0) is 47.7 Å². The number of Topliss-reactive ketones (excluding diaryl/α,β-unsaturated/α-hetero) is 1.